The first kappa shape index (κ1) is 18.9. The maximum atomic E-state index is 12.8. The predicted molar refractivity (Wildman–Crippen MR) is 91.4 cm³/mol. The molecule has 4 rings (SSSR count). The number of methoxy groups -OCH3 is 1. The van der Waals surface area contributed by atoms with E-state index in [1.54, 1.807) is 9.80 Å². The van der Waals surface area contributed by atoms with Crippen molar-refractivity contribution in [3.8, 4) is 5.75 Å². The average molecular weight is 379 g/mol. The van der Waals surface area contributed by atoms with Gasteiger partial charge in [0, 0.05) is 31.8 Å². The number of carbonyl (C=O) groups is 3. The van der Waals surface area contributed by atoms with Crippen LogP contribution in [0.2, 0.25) is 0 Å². The van der Waals surface area contributed by atoms with Crippen molar-refractivity contribution in [2.75, 3.05) is 26.8 Å². The summed E-state index contributed by atoms with van der Waals surface area (Å²) in [7, 11) is 1.40. The Balaban J connectivity index is 0.000000659. The number of ether oxygens (including phenoxy) is 2. The fourth-order valence-corrected chi connectivity index (χ4v) is 4.09. The molecule has 10 nitrogen and oxygen atoms in total. The van der Waals surface area contributed by atoms with Crippen LogP contribution in [0.4, 0.5) is 0 Å². The van der Waals surface area contributed by atoms with E-state index in [2.05, 4.69) is 4.98 Å². The summed E-state index contributed by atoms with van der Waals surface area (Å²) < 4.78 is 10.9. The van der Waals surface area contributed by atoms with Crippen LogP contribution in [0.3, 0.4) is 0 Å². The van der Waals surface area contributed by atoms with Gasteiger partial charge in [-0.15, -0.1) is 0 Å². The molecule has 1 aromatic rings. The van der Waals surface area contributed by atoms with Crippen LogP contribution in [-0.2, 0) is 14.3 Å². The van der Waals surface area contributed by atoms with Crippen LogP contribution < -0.4 is 10.2 Å². The summed E-state index contributed by atoms with van der Waals surface area (Å²) in [6.45, 7) is 1.53. The molecule has 2 N–H and O–H groups in total. The Morgan fingerprint density at radius 1 is 1.44 bits per heavy atom. The van der Waals surface area contributed by atoms with Gasteiger partial charge in [0.15, 0.2) is 11.5 Å². The number of aromatic amines is 1. The van der Waals surface area contributed by atoms with Gasteiger partial charge in [-0.1, -0.05) is 0 Å². The van der Waals surface area contributed by atoms with Crippen molar-refractivity contribution in [1.29, 1.82) is 0 Å². The summed E-state index contributed by atoms with van der Waals surface area (Å²) in [5, 5.41) is 6.89. The number of H-pyrrole nitrogens is 1. The van der Waals surface area contributed by atoms with E-state index < -0.39 is 5.72 Å². The van der Waals surface area contributed by atoms with Gasteiger partial charge in [-0.2, -0.15) is 0 Å². The lowest BCUT2D eigenvalue weighted by Gasteiger charge is -2.42. The lowest BCUT2D eigenvalue weighted by Crippen LogP contribution is -2.56. The van der Waals surface area contributed by atoms with Crippen LogP contribution in [0.25, 0.3) is 0 Å². The summed E-state index contributed by atoms with van der Waals surface area (Å²) in [5.74, 6) is -0.108. The summed E-state index contributed by atoms with van der Waals surface area (Å²) in [6.07, 6.45) is 3.08. The molecule has 2 amide bonds. The van der Waals surface area contributed by atoms with Gasteiger partial charge in [0.2, 0.25) is 11.3 Å². The first-order valence-electron chi connectivity index (χ1n) is 8.58. The third kappa shape index (κ3) is 3.05. The number of rotatable bonds is 2. The number of carboxylic acid groups (broad SMARTS) is 1. The molecule has 0 saturated carbocycles. The van der Waals surface area contributed by atoms with Crippen LogP contribution >= 0.6 is 0 Å². The van der Waals surface area contributed by atoms with Crippen LogP contribution in [0.15, 0.2) is 17.1 Å². The second-order valence-corrected chi connectivity index (χ2v) is 6.45. The molecule has 3 fully saturated rings. The van der Waals surface area contributed by atoms with E-state index in [1.165, 1.54) is 19.4 Å². The Morgan fingerprint density at radius 2 is 2.19 bits per heavy atom. The van der Waals surface area contributed by atoms with Gasteiger partial charge in [0.1, 0.15) is 5.69 Å². The average Bonchev–Trinajstić information content (AvgIpc) is 3.14. The Morgan fingerprint density at radius 3 is 2.85 bits per heavy atom. The molecule has 10 heteroatoms. The van der Waals surface area contributed by atoms with Crippen molar-refractivity contribution in [2.45, 2.75) is 31.0 Å². The summed E-state index contributed by atoms with van der Waals surface area (Å²) in [6, 6.07) is 0.936. The Bertz CT molecular complexity index is 808. The Kier molecular flexibility index (Phi) is 5.17. The highest BCUT2D eigenvalue weighted by Crippen LogP contribution is 2.45. The lowest BCUT2D eigenvalue weighted by molar-refractivity contribution is -0.179. The van der Waals surface area contributed by atoms with E-state index >= 15 is 0 Å². The monoisotopic (exact) mass is 379 g/mol. The van der Waals surface area contributed by atoms with Crippen LogP contribution in [0.5, 0.6) is 5.75 Å². The minimum atomic E-state index is -0.683. The van der Waals surface area contributed by atoms with E-state index in [9.17, 15) is 14.4 Å². The zero-order chi connectivity index (χ0) is 19.6. The van der Waals surface area contributed by atoms with Gasteiger partial charge in [-0.25, -0.2) is 0 Å². The van der Waals surface area contributed by atoms with Crippen molar-refractivity contribution in [3.05, 3.63) is 28.2 Å². The van der Waals surface area contributed by atoms with Gasteiger partial charge < -0.3 is 29.4 Å². The van der Waals surface area contributed by atoms with Crippen LogP contribution in [0.1, 0.15) is 29.8 Å². The summed E-state index contributed by atoms with van der Waals surface area (Å²) in [4.78, 5) is 51.6. The molecule has 2 atom stereocenters. The molecule has 0 unspecified atom stereocenters. The maximum absolute atomic E-state index is 12.8. The van der Waals surface area contributed by atoms with E-state index in [0.717, 1.165) is 6.42 Å². The molecule has 3 saturated heterocycles. The third-order valence-electron chi connectivity index (χ3n) is 5.20. The van der Waals surface area contributed by atoms with Gasteiger partial charge in [0.25, 0.3) is 12.4 Å². The topological polar surface area (TPSA) is 129 Å². The predicted octanol–water partition coefficient (Wildman–Crippen LogP) is -0.352. The number of nitrogens with zero attached hydrogens (tertiary/aromatic N) is 2. The molecule has 1 spiro atoms. The zero-order valence-electron chi connectivity index (χ0n) is 14.8. The smallest absolute Gasteiger partial charge is 0.290 e. The van der Waals surface area contributed by atoms with Crippen molar-refractivity contribution in [1.82, 2.24) is 14.8 Å². The molecule has 0 aliphatic carbocycles. The molecule has 27 heavy (non-hydrogen) atoms. The number of amides is 2. The lowest BCUT2D eigenvalue weighted by atomic mass is 10.0. The van der Waals surface area contributed by atoms with Gasteiger partial charge in [-0.05, 0) is 6.42 Å². The molecule has 0 aromatic carbocycles. The quantitative estimate of drug-likeness (QED) is 0.672. The number of hydrogen-bond acceptors (Lipinski definition) is 6. The standard InChI is InChI=1S/C16H19N3O5.CH2O2/c1-23-12-9-17-10(7-11(12)20)15(22)18-5-3-16-13(18)8-14(21)19(16)4-2-6-24-16;2-1-3/h7,9,13H,2-6,8H2,1H3,(H,17,20);1H,(H,2,3)/t13-,16+;/m1./s1. The fraction of sp³-hybridized carbons (Fsp3) is 0.529. The fourth-order valence-electron chi connectivity index (χ4n) is 4.09. The highest BCUT2D eigenvalue weighted by Gasteiger charge is 2.61. The van der Waals surface area contributed by atoms with Crippen LogP contribution in [-0.4, -0.2) is 76.7 Å². The second-order valence-electron chi connectivity index (χ2n) is 6.45. The van der Waals surface area contributed by atoms with E-state index in [0.29, 0.717) is 26.1 Å². The minimum absolute atomic E-state index is 0.0282. The molecule has 146 valence electrons. The second kappa shape index (κ2) is 7.39. The van der Waals surface area contributed by atoms with Crippen molar-refractivity contribution in [2.24, 2.45) is 0 Å². The molecule has 0 bridgehead atoms. The molecular weight excluding hydrogens is 358 g/mol. The Labute approximate surface area is 154 Å². The maximum Gasteiger partial charge on any atom is 0.290 e. The first-order chi connectivity index (χ1) is 13.0. The number of hydrogen-bond donors (Lipinski definition) is 2. The summed E-state index contributed by atoms with van der Waals surface area (Å²) >= 11 is 0. The SMILES string of the molecule is COc1c[nH]c(C(=O)N2CC[C@@]34OCCCN3C(=O)C[C@@H]24)cc1=O.O=CO. The van der Waals surface area contributed by atoms with Gasteiger partial charge in [-0.3, -0.25) is 19.2 Å². The Hall–Kier alpha value is -2.88. The van der Waals surface area contributed by atoms with E-state index in [-0.39, 0.29) is 47.6 Å². The molecule has 4 heterocycles. The molecular formula is C17H21N3O7. The minimum Gasteiger partial charge on any atom is -0.491 e. The zero-order valence-corrected chi connectivity index (χ0v) is 14.8. The van der Waals surface area contributed by atoms with Gasteiger partial charge in [0.05, 0.1) is 26.2 Å². The number of aromatic nitrogens is 1. The van der Waals surface area contributed by atoms with Gasteiger partial charge >= 0.3 is 0 Å². The third-order valence-corrected chi connectivity index (χ3v) is 5.20. The molecule has 1 aromatic heterocycles. The van der Waals surface area contributed by atoms with Crippen molar-refractivity contribution >= 4 is 18.3 Å². The van der Waals surface area contributed by atoms with Crippen molar-refractivity contribution in [3.63, 3.8) is 0 Å². The highest BCUT2D eigenvalue weighted by atomic mass is 16.5. The van der Waals surface area contributed by atoms with Crippen molar-refractivity contribution < 1.29 is 29.0 Å². The normalized spacial score (nSPS) is 26.0. The van der Waals surface area contributed by atoms with E-state index in [4.69, 9.17) is 19.4 Å². The number of likely N-dealkylation sites (tertiary alicyclic amines) is 1. The molecule has 3 aliphatic rings. The molecule has 3 aliphatic heterocycles. The number of carbonyl (C=O) groups excluding carboxylic acids is 2. The summed E-state index contributed by atoms with van der Waals surface area (Å²) in [5.41, 5.74) is -0.844. The molecule has 0 radical (unpaired) electrons. The largest absolute Gasteiger partial charge is 0.491 e. The van der Waals surface area contributed by atoms with E-state index in [1.807, 2.05) is 0 Å². The number of nitrogens with one attached hydrogen (secondary N) is 1. The highest BCUT2D eigenvalue weighted by molar-refractivity contribution is 5.94. The first-order valence-corrected chi connectivity index (χ1v) is 8.58. The number of pyridine rings is 1. The van der Waals surface area contributed by atoms with Crippen LogP contribution in [0, 0.1) is 0 Å².